The van der Waals surface area contributed by atoms with E-state index < -0.39 is 30.1 Å². The summed E-state index contributed by atoms with van der Waals surface area (Å²) in [5.41, 5.74) is 4.70. The lowest BCUT2D eigenvalue weighted by Crippen LogP contribution is -2.52. The number of carbonyl (C=O) groups is 1. The van der Waals surface area contributed by atoms with E-state index in [0.29, 0.717) is 12.8 Å². The minimum Gasteiger partial charge on any atom is -0.382 e. The molecule has 1 unspecified atom stereocenters. The normalized spacial score (nSPS) is 21.1. The van der Waals surface area contributed by atoms with Crippen molar-refractivity contribution in [1.29, 1.82) is 0 Å². The van der Waals surface area contributed by atoms with Crippen LogP contribution in [0.5, 0.6) is 0 Å². The van der Waals surface area contributed by atoms with E-state index in [-0.39, 0.29) is 6.54 Å². The summed E-state index contributed by atoms with van der Waals surface area (Å²) in [6.45, 7) is -0.689. The molecule has 1 amide bonds. The molecule has 1 fully saturated rings. The maximum atomic E-state index is 11.9. The van der Waals surface area contributed by atoms with E-state index in [1.807, 2.05) is 0 Å². The Morgan fingerprint density at radius 3 is 2.38 bits per heavy atom. The van der Waals surface area contributed by atoms with Gasteiger partial charge in [0.25, 0.3) is 0 Å². The van der Waals surface area contributed by atoms with E-state index in [1.165, 1.54) is 0 Å². The molecule has 1 aliphatic carbocycles. The Morgan fingerprint density at radius 2 is 2.06 bits per heavy atom. The fraction of sp³-hybridized carbons (Fsp3) is 0.889. The molecular weight excluding hydrogens is 225 g/mol. The van der Waals surface area contributed by atoms with Gasteiger partial charge in [0.2, 0.25) is 5.91 Å². The highest BCUT2D eigenvalue weighted by molar-refractivity contribution is 5.83. The van der Waals surface area contributed by atoms with E-state index in [1.54, 1.807) is 0 Å². The highest BCUT2D eigenvalue weighted by Gasteiger charge is 2.44. The molecule has 0 saturated heterocycles. The molecule has 0 aromatic rings. The first kappa shape index (κ1) is 13.2. The molecule has 4 nitrogen and oxygen atoms in total. The maximum Gasteiger partial charge on any atom is 0.416 e. The number of nitrogens with one attached hydrogen (secondary N) is 1. The predicted molar refractivity (Wildman–Crippen MR) is 50.4 cm³/mol. The van der Waals surface area contributed by atoms with Crippen LogP contribution < -0.4 is 11.1 Å². The van der Waals surface area contributed by atoms with Gasteiger partial charge >= 0.3 is 6.18 Å². The fourth-order valence-electron chi connectivity index (χ4n) is 1.62. The largest absolute Gasteiger partial charge is 0.416 e. The Kier molecular flexibility index (Phi) is 3.80. The summed E-state index contributed by atoms with van der Waals surface area (Å²) in [5, 5.41) is 10.8. The van der Waals surface area contributed by atoms with Crippen molar-refractivity contribution in [2.45, 2.75) is 31.5 Å². The summed E-state index contributed by atoms with van der Waals surface area (Å²) in [7, 11) is 0. The first-order valence-corrected chi connectivity index (χ1v) is 5.05. The molecule has 0 heterocycles. The zero-order valence-corrected chi connectivity index (χ0v) is 8.68. The standard InChI is InChI=1S/C9H15F3N2O2/c10-9(11,12)6(15)4-14-7(16)8(5-13)2-1-3-8/h6,15H,1-5,13H2,(H,14,16). The molecule has 1 aliphatic rings. The molecule has 0 spiro atoms. The molecule has 0 aromatic heterocycles. The van der Waals surface area contributed by atoms with Crippen molar-refractivity contribution in [2.24, 2.45) is 11.1 Å². The summed E-state index contributed by atoms with van der Waals surface area (Å²) in [5.74, 6) is -0.496. The minimum absolute atomic E-state index is 0.126. The smallest absolute Gasteiger partial charge is 0.382 e. The number of rotatable bonds is 4. The second kappa shape index (κ2) is 4.58. The zero-order chi connectivity index (χ0) is 12.4. The number of hydrogen-bond acceptors (Lipinski definition) is 3. The van der Waals surface area contributed by atoms with Crippen molar-refractivity contribution in [1.82, 2.24) is 5.32 Å². The average Bonchev–Trinajstić information content (AvgIpc) is 2.11. The Hall–Kier alpha value is -0.820. The van der Waals surface area contributed by atoms with Crippen LogP contribution in [0.2, 0.25) is 0 Å². The van der Waals surface area contributed by atoms with E-state index in [0.717, 1.165) is 6.42 Å². The minimum atomic E-state index is -4.71. The van der Waals surface area contributed by atoms with Crippen LogP contribution >= 0.6 is 0 Å². The summed E-state index contributed by atoms with van der Waals surface area (Å²) >= 11 is 0. The number of halogens is 3. The molecule has 0 aliphatic heterocycles. The van der Waals surface area contributed by atoms with Crippen molar-refractivity contribution in [3.63, 3.8) is 0 Å². The van der Waals surface area contributed by atoms with Gasteiger partial charge in [-0.3, -0.25) is 4.79 Å². The van der Waals surface area contributed by atoms with Crippen LogP contribution in [0.4, 0.5) is 13.2 Å². The van der Waals surface area contributed by atoms with Gasteiger partial charge in [-0.25, -0.2) is 0 Å². The number of aliphatic hydroxyl groups excluding tert-OH is 1. The number of nitrogens with two attached hydrogens (primary N) is 1. The van der Waals surface area contributed by atoms with E-state index in [2.05, 4.69) is 5.32 Å². The van der Waals surface area contributed by atoms with Crippen molar-refractivity contribution >= 4 is 5.91 Å². The van der Waals surface area contributed by atoms with Gasteiger partial charge in [0.1, 0.15) is 0 Å². The van der Waals surface area contributed by atoms with Crippen LogP contribution in [0.15, 0.2) is 0 Å². The molecule has 1 saturated carbocycles. The molecule has 0 bridgehead atoms. The Balaban J connectivity index is 2.41. The Bertz CT molecular complexity index is 258. The Labute approximate surface area is 91.0 Å². The topological polar surface area (TPSA) is 75.4 Å². The third-order valence-corrected chi connectivity index (χ3v) is 3.02. The molecule has 1 rings (SSSR count). The molecule has 7 heteroatoms. The fourth-order valence-corrected chi connectivity index (χ4v) is 1.62. The molecule has 0 aromatic carbocycles. The van der Waals surface area contributed by atoms with Gasteiger partial charge in [-0.2, -0.15) is 13.2 Å². The second-order valence-corrected chi connectivity index (χ2v) is 4.11. The molecule has 1 atom stereocenters. The van der Waals surface area contributed by atoms with Crippen LogP contribution in [0.25, 0.3) is 0 Å². The highest BCUT2D eigenvalue weighted by atomic mass is 19.4. The first-order valence-electron chi connectivity index (χ1n) is 5.05. The molecule has 94 valence electrons. The van der Waals surface area contributed by atoms with Crippen LogP contribution in [0.3, 0.4) is 0 Å². The van der Waals surface area contributed by atoms with Gasteiger partial charge in [-0.15, -0.1) is 0 Å². The van der Waals surface area contributed by atoms with Gasteiger partial charge in [0, 0.05) is 6.54 Å². The van der Waals surface area contributed by atoms with E-state index in [9.17, 15) is 18.0 Å². The number of hydrogen-bond donors (Lipinski definition) is 3. The van der Waals surface area contributed by atoms with Gasteiger partial charge in [0.05, 0.1) is 12.0 Å². The van der Waals surface area contributed by atoms with E-state index >= 15 is 0 Å². The van der Waals surface area contributed by atoms with E-state index in [4.69, 9.17) is 10.8 Å². The molecule has 4 N–H and O–H groups in total. The lowest BCUT2D eigenvalue weighted by molar-refractivity contribution is -0.202. The number of alkyl halides is 3. The number of amides is 1. The van der Waals surface area contributed by atoms with Gasteiger partial charge in [-0.1, -0.05) is 6.42 Å². The van der Waals surface area contributed by atoms with Gasteiger partial charge in [-0.05, 0) is 12.8 Å². The lowest BCUT2D eigenvalue weighted by Gasteiger charge is -2.39. The van der Waals surface area contributed by atoms with Gasteiger partial charge in [0.15, 0.2) is 6.10 Å². The molecule has 16 heavy (non-hydrogen) atoms. The van der Waals surface area contributed by atoms with Crippen LogP contribution in [0.1, 0.15) is 19.3 Å². The predicted octanol–water partition coefficient (Wildman–Crippen LogP) is 0.155. The molecule has 0 radical (unpaired) electrons. The van der Waals surface area contributed by atoms with Crippen LogP contribution in [0, 0.1) is 5.41 Å². The monoisotopic (exact) mass is 240 g/mol. The van der Waals surface area contributed by atoms with Crippen molar-refractivity contribution in [3.8, 4) is 0 Å². The SMILES string of the molecule is NCC1(C(=O)NCC(O)C(F)(F)F)CCC1. The van der Waals surface area contributed by atoms with Crippen molar-refractivity contribution < 1.29 is 23.1 Å². The van der Waals surface area contributed by atoms with Crippen molar-refractivity contribution in [3.05, 3.63) is 0 Å². The Morgan fingerprint density at radius 1 is 1.50 bits per heavy atom. The number of aliphatic hydroxyl groups is 1. The lowest BCUT2D eigenvalue weighted by atomic mass is 9.68. The van der Waals surface area contributed by atoms with Crippen LogP contribution in [-0.2, 0) is 4.79 Å². The third kappa shape index (κ3) is 2.65. The summed E-state index contributed by atoms with van der Waals surface area (Å²) in [6.07, 6.45) is -5.18. The summed E-state index contributed by atoms with van der Waals surface area (Å²) < 4.78 is 35.8. The quantitative estimate of drug-likeness (QED) is 0.655. The third-order valence-electron chi connectivity index (χ3n) is 3.02. The first-order chi connectivity index (χ1) is 7.32. The average molecular weight is 240 g/mol. The second-order valence-electron chi connectivity index (χ2n) is 4.11. The summed E-state index contributed by atoms with van der Waals surface area (Å²) in [4.78, 5) is 11.5. The molecular formula is C9H15F3N2O2. The summed E-state index contributed by atoms with van der Waals surface area (Å²) in [6, 6.07) is 0. The maximum absolute atomic E-state index is 11.9. The van der Waals surface area contributed by atoms with Gasteiger partial charge < -0.3 is 16.2 Å². The highest BCUT2D eigenvalue weighted by Crippen LogP contribution is 2.40. The number of carbonyl (C=O) groups excluding carboxylic acids is 1. The van der Waals surface area contributed by atoms with Crippen LogP contribution in [-0.4, -0.2) is 36.4 Å². The van der Waals surface area contributed by atoms with Crippen molar-refractivity contribution in [2.75, 3.05) is 13.1 Å². The zero-order valence-electron chi connectivity index (χ0n) is 8.68.